The van der Waals surface area contributed by atoms with Gasteiger partial charge in [0.05, 0.1) is 41.2 Å². The number of nitrogens with one attached hydrogen (secondary N) is 2. The minimum absolute atomic E-state index is 0.0464. The van der Waals surface area contributed by atoms with Crippen LogP contribution in [0.5, 0.6) is 0 Å². The number of sulfone groups is 1. The van der Waals surface area contributed by atoms with Crippen LogP contribution in [0.1, 0.15) is 30.1 Å². The largest absolute Gasteiger partial charge is 0.462 e. The first-order chi connectivity index (χ1) is 12.8. The van der Waals surface area contributed by atoms with Gasteiger partial charge in [0, 0.05) is 6.04 Å². The predicted octanol–water partition coefficient (Wildman–Crippen LogP) is 0.741. The first-order valence-corrected chi connectivity index (χ1v) is 10.7. The lowest BCUT2D eigenvalue weighted by Crippen LogP contribution is -2.37. The second-order valence-corrected chi connectivity index (χ2v) is 9.04. The van der Waals surface area contributed by atoms with Crippen LogP contribution in [0.3, 0.4) is 0 Å². The minimum Gasteiger partial charge on any atom is -0.462 e. The van der Waals surface area contributed by atoms with Crippen LogP contribution in [-0.4, -0.2) is 50.4 Å². The highest BCUT2D eigenvalue weighted by molar-refractivity contribution is 7.91. The smallest absolute Gasteiger partial charge is 0.340 e. The number of ether oxygens (including phenoxy) is 1. The molecule has 146 valence electrons. The lowest BCUT2D eigenvalue weighted by Gasteiger charge is -2.12. The fraction of sp³-hybridized carbons (Fsp3) is 0.500. The molecule has 3 unspecified atom stereocenters. The van der Waals surface area contributed by atoms with Crippen molar-refractivity contribution >= 4 is 33.3 Å². The summed E-state index contributed by atoms with van der Waals surface area (Å²) in [5.74, 6) is -2.09. The number of para-hydroxylation sites is 1. The van der Waals surface area contributed by atoms with Crippen molar-refractivity contribution < 1.29 is 27.5 Å². The second kappa shape index (κ2) is 7.67. The number of esters is 1. The van der Waals surface area contributed by atoms with E-state index in [9.17, 15) is 22.8 Å². The van der Waals surface area contributed by atoms with Gasteiger partial charge in [0.1, 0.15) is 0 Å². The number of carbonyl (C=O) groups is 3. The molecule has 27 heavy (non-hydrogen) atoms. The van der Waals surface area contributed by atoms with E-state index in [-0.39, 0.29) is 41.5 Å². The lowest BCUT2D eigenvalue weighted by atomic mass is 10.1. The Bertz CT molecular complexity index is 866. The maximum atomic E-state index is 12.4. The molecule has 1 aliphatic heterocycles. The summed E-state index contributed by atoms with van der Waals surface area (Å²) in [5.41, 5.74) is 0.597. The van der Waals surface area contributed by atoms with Crippen LogP contribution < -0.4 is 10.6 Å². The number of carbonyl (C=O) groups excluding carboxylic acids is 3. The Morgan fingerprint density at radius 3 is 2.52 bits per heavy atom. The summed E-state index contributed by atoms with van der Waals surface area (Å²) < 4.78 is 27.9. The lowest BCUT2D eigenvalue weighted by molar-refractivity contribution is -0.125. The monoisotopic (exact) mass is 394 g/mol. The Morgan fingerprint density at radius 2 is 1.85 bits per heavy atom. The zero-order valence-corrected chi connectivity index (χ0v) is 15.8. The van der Waals surface area contributed by atoms with Gasteiger partial charge in [-0.2, -0.15) is 0 Å². The van der Waals surface area contributed by atoms with Crippen LogP contribution in [0.15, 0.2) is 24.3 Å². The van der Waals surface area contributed by atoms with Gasteiger partial charge in [0.2, 0.25) is 11.8 Å². The standard InChI is InChI=1S/C18H22N2O6S/c1-2-26-18(23)12-5-3-4-6-15(12)20-17(22)14-9-13(14)16(21)19-11-7-8-27(24,25)10-11/h3-6,11,13-14H,2,7-10H2,1H3,(H,19,21)(H,20,22). The molecule has 1 saturated heterocycles. The molecule has 0 radical (unpaired) electrons. The Morgan fingerprint density at radius 1 is 1.15 bits per heavy atom. The van der Waals surface area contributed by atoms with Gasteiger partial charge in [-0.3, -0.25) is 9.59 Å². The van der Waals surface area contributed by atoms with Crippen LogP contribution in [0.2, 0.25) is 0 Å². The average molecular weight is 394 g/mol. The van der Waals surface area contributed by atoms with E-state index >= 15 is 0 Å². The average Bonchev–Trinajstić information content (AvgIpc) is 3.34. The molecule has 2 amide bonds. The zero-order valence-electron chi connectivity index (χ0n) is 14.9. The topological polar surface area (TPSA) is 119 Å². The minimum atomic E-state index is -3.07. The van der Waals surface area contributed by atoms with Gasteiger partial charge in [0.25, 0.3) is 0 Å². The first kappa shape index (κ1) is 19.3. The van der Waals surface area contributed by atoms with Crippen molar-refractivity contribution in [2.24, 2.45) is 11.8 Å². The van der Waals surface area contributed by atoms with Gasteiger partial charge < -0.3 is 15.4 Å². The molecule has 8 nitrogen and oxygen atoms in total. The van der Waals surface area contributed by atoms with E-state index in [1.165, 1.54) is 0 Å². The van der Waals surface area contributed by atoms with Gasteiger partial charge in [-0.15, -0.1) is 0 Å². The number of anilines is 1. The van der Waals surface area contributed by atoms with Crippen LogP contribution in [0, 0.1) is 11.8 Å². The van der Waals surface area contributed by atoms with Crippen molar-refractivity contribution in [1.82, 2.24) is 5.32 Å². The molecule has 3 atom stereocenters. The third-order valence-corrected chi connectivity index (χ3v) is 6.49. The predicted molar refractivity (Wildman–Crippen MR) is 97.8 cm³/mol. The van der Waals surface area contributed by atoms with Crippen molar-refractivity contribution in [1.29, 1.82) is 0 Å². The highest BCUT2D eigenvalue weighted by atomic mass is 32.2. The fourth-order valence-corrected chi connectivity index (χ4v) is 4.87. The highest BCUT2D eigenvalue weighted by Gasteiger charge is 2.49. The van der Waals surface area contributed by atoms with Gasteiger partial charge >= 0.3 is 5.97 Å². The maximum Gasteiger partial charge on any atom is 0.340 e. The Kier molecular flexibility index (Phi) is 5.50. The molecular weight excluding hydrogens is 372 g/mol. The molecule has 3 rings (SSSR count). The summed E-state index contributed by atoms with van der Waals surface area (Å²) in [6.45, 7) is 1.92. The molecule has 2 fully saturated rings. The number of hydrogen-bond donors (Lipinski definition) is 2. The molecule has 2 N–H and O–H groups in total. The van der Waals surface area contributed by atoms with Crippen molar-refractivity contribution in [2.45, 2.75) is 25.8 Å². The molecular formula is C18H22N2O6S. The Labute approximate surface area is 157 Å². The van der Waals surface area contributed by atoms with Gasteiger partial charge in [-0.05, 0) is 31.9 Å². The number of benzene rings is 1. The van der Waals surface area contributed by atoms with Gasteiger partial charge in [0.15, 0.2) is 9.84 Å². The Hall–Kier alpha value is -2.42. The van der Waals surface area contributed by atoms with E-state index in [0.29, 0.717) is 18.5 Å². The molecule has 1 aromatic rings. The van der Waals surface area contributed by atoms with Crippen LogP contribution in [0.25, 0.3) is 0 Å². The second-order valence-electron chi connectivity index (χ2n) is 6.81. The molecule has 1 aliphatic carbocycles. The van der Waals surface area contributed by atoms with Crippen molar-refractivity contribution in [3.8, 4) is 0 Å². The third kappa shape index (κ3) is 4.65. The SMILES string of the molecule is CCOC(=O)c1ccccc1NC(=O)C1CC1C(=O)NC1CCS(=O)(=O)C1. The van der Waals surface area contributed by atoms with E-state index in [1.807, 2.05) is 0 Å². The maximum absolute atomic E-state index is 12.4. The zero-order chi connectivity index (χ0) is 19.6. The van der Waals surface area contributed by atoms with Crippen LogP contribution in [0.4, 0.5) is 5.69 Å². The summed E-state index contributed by atoms with van der Waals surface area (Å²) in [6.07, 6.45) is 0.809. The molecule has 1 saturated carbocycles. The van der Waals surface area contributed by atoms with E-state index in [4.69, 9.17) is 4.74 Å². The highest BCUT2D eigenvalue weighted by Crippen LogP contribution is 2.40. The summed E-state index contributed by atoms with van der Waals surface area (Å²) in [5, 5.41) is 5.41. The molecule has 1 aromatic carbocycles. The molecule has 0 spiro atoms. The molecule has 1 heterocycles. The number of rotatable bonds is 6. The van der Waals surface area contributed by atoms with Crippen molar-refractivity contribution in [3.63, 3.8) is 0 Å². The number of hydrogen-bond acceptors (Lipinski definition) is 6. The quantitative estimate of drug-likeness (QED) is 0.687. The summed E-state index contributed by atoms with van der Waals surface area (Å²) in [4.78, 5) is 36.6. The van der Waals surface area contributed by atoms with Crippen LogP contribution >= 0.6 is 0 Å². The molecule has 0 aromatic heterocycles. The summed E-state index contributed by atoms with van der Waals surface area (Å²) >= 11 is 0. The molecule has 9 heteroatoms. The third-order valence-electron chi connectivity index (χ3n) is 4.72. The fourth-order valence-electron chi connectivity index (χ4n) is 3.20. The molecule has 2 aliphatic rings. The normalized spacial score (nSPS) is 25.4. The van der Waals surface area contributed by atoms with E-state index in [2.05, 4.69) is 10.6 Å². The Balaban J connectivity index is 1.56. The van der Waals surface area contributed by atoms with Crippen molar-refractivity contribution in [2.75, 3.05) is 23.4 Å². The van der Waals surface area contributed by atoms with E-state index in [1.54, 1.807) is 31.2 Å². The number of amides is 2. The molecule has 0 bridgehead atoms. The van der Waals surface area contributed by atoms with Crippen molar-refractivity contribution in [3.05, 3.63) is 29.8 Å². The van der Waals surface area contributed by atoms with Crippen LogP contribution in [-0.2, 0) is 24.2 Å². The van der Waals surface area contributed by atoms with Gasteiger partial charge in [-0.25, -0.2) is 13.2 Å². The van der Waals surface area contributed by atoms with E-state index in [0.717, 1.165) is 0 Å². The summed E-state index contributed by atoms with van der Waals surface area (Å²) in [7, 11) is -3.07. The first-order valence-electron chi connectivity index (χ1n) is 8.88. The van der Waals surface area contributed by atoms with Gasteiger partial charge in [-0.1, -0.05) is 12.1 Å². The summed E-state index contributed by atoms with van der Waals surface area (Å²) in [6, 6.07) is 6.15. The van der Waals surface area contributed by atoms with E-state index < -0.39 is 27.6 Å².